The van der Waals surface area contributed by atoms with Crippen LogP contribution in [0.4, 0.5) is 0 Å². The van der Waals surface area contributed by atoms with Crippen LogP contribution in [0.1, 0.15) is 49.8 Å². The van der Waals surface area contributed by atoms with E-state index in [1.165, 1.54) is 45.9 Å². The standard InChI is InChI=1S/C26H26O2/c1-4-5-15-26(2)20-13-9-8-12-19(20)22-17-10-6-7-11-18(17)25-23(24(22)26)21(27-3)14-16-28-25/h6-14H,4-5,15-16H2,1-3H3. The van der Waals surface area contributed by atoms with Crippen molar-refractivity contribution in [2.75, 3.05) is 13.7 Å². The topological polar surface area (TPSA) is 18.5 Å². The van der Waals surface area contributed by atoms with Gasteiger partial charge < -0.3 is 9.47 Å². The quantitative estimate of drug-likeness (QED) is 0.509. The number of methoxy groups -OCH3 is 1. The van der Waals surface area contributed by atoms with Crippen molar-refractivity contribution in [1.29, 1.82) is 0 Å². The second-order valence-electron chi connectivity index (χ2n) is 8.06. The van der Waals surface area contributed by atoms with Crippen LogP contribution in [0.25, 0.3) is 27.7 Å². The smallest absolute Gasteiger partial charge is 0.138 e. The van der Waals surface area contributed by atoms with E-state index in [4.69, 9.17) is 9.47 Å². The highest BCUT2D eigenvalue weighted by Gasteiger charge is 2.44. The van der Waals surface area contributed by atoms with E-state index in [0.29, 0.717) is 6.61 Å². The van der Waals surface area contributed by atoms with Gasteiger partial charge in [-0.05, 0) is 40.1 Å². The van der Waals surface area contributed by atoms with E-state index in [-0.39, 0.29) is 5.41 Å². The van der Waals surface area contributed by atoms with Gasteiger partial charge in [-0.2, -0.15) is 0 Å². The summed E-state index contributed by atoms with van der Waals surface area (Å²) in [6.07, 6.45) is 5.57. The van der Waals surface area contributed by atoms with Gasteiger partial charge in [0.15, 0.2) is 0 Å². The lowest BCUT2D eigenvalue weighted by Gasteiger charge is -2.32. The van der Waals surface area contributed by atoms with Gasteiger partial charge in [0.1, 0.15) is 18.1 Å². The molecular weight excluding hydrogens is 344 g/mol. The van der Waals surface area contributed by atoms with Crippen molar-refractivity contribution in [3.63, 3.8) is 0 Å². The molecule has 2 nitrogen and oxygen atoms in total. The summed E-state index contributed by atoms with van der Waals surface area (Å²) in [5.74, 6) is 1.92. The van der Waals surface area contributed by atoms with Crippen molar-refractivity contribution in [1.82, 2.24) is 0 Å². The average molecular weight is 370 g/mol. The van der Waals surface area contributed by atoms with Gasteiger partial charge in [0.2, 0.25) is 0 Å². The van der Waals surface area contributed by atoms with Crippen LogP contribution < -0.4 is 4.74 Å². The number of ether oxygens (including phenoxy) is 2. The van der Waals surface area contributed by atoms with Crippen LogP contribution in [0.2, 0.25) is 0 Å². The zero-order valence-electron chi connectivity index (χ0n) is 16.8. The van der Waals surface area contributed by atoms with Crippen LogP contribution in [-0.2, 0) is 10.2 Å². The van der Waals surface area contributed by atoms with Crippen LogP contribution >= 0.6 is 0 Å². The third-order valence-electron chi connectivity index (χ3n) is 6.50. The average Bonchev–Trinajstić information content (AvgIpc) is 3.02. The van der Waals surface area contributed by atoms with Gasteiger partial charge in [0, 0.05) is 10.8 Å². The molecule has 142 valence electrons. The largest absolute Gasteiger partial charge is 0.496 e. The van der Waals surface area contributed by atoms with Gasteiger partial charge in [-0.25, -0.2) is 0 Å². The van der Waals surface area contributed by atoms with Crippen molar-refractivity contribution in [2.45, 2.75) is 38.5 Å². The molecule has 28 heavy (non-hydrogen) atoms. The summed E-state index contributed by atoms with van der Waals surface area (Å²) in [7, 11) is 1.77. The Bertz CT molecular complexity index is 1110. The van der Waals surface area contributed by atoms with E-state index in [1.54, 1.807) is 7.11 Å². The molecule has 0 radical (unpaired) electrons. The molecule has 0 N–H and O–H groups in total. The molecule has 0 bridgehead atoms. The predicted octanol–water partition coefficient (Wildman–Crippen LogP) is 6.70. The summed E-state index contributed by atoms with van der Waals surface area (Å²) in [6, 6.07) is 17.6. The molecule has 2 heteroatoms. The first-order valence-electron chi connectivity index (χ1n) is 10.3. The molecule has 0 amide bonds. The number of hydrogen-bond donors (Lipinski definition) is 0. The van der Waals surface area contributed by atoms with Gasteiger partial charge >= 0.3 is 0 Å². The zero-order chi connectivity index (χ0) is 19.3. The zero-order valence-corrected chi connectivity index (χ0v) is 16.8. The summed E-state index contributed by atoms with van der Waals surface area (Å²) < 4.78 is 12.1. The summed E-state index contributed by atoms with van der Waals surface area (Å²) >= 11 is 0. The van der Waals surface area contributed by atoms with Gasteiger partial charge in [0.05, 0.1) is 12.7 Å². The molecular formula is C26H26O2. The molecule has 0 aromatic heterocycles. The summed E-state index contributed by atoms with van der Waals surface area (Å²) in [4.78, 5) is 0. The Morgan fingerprint density at radius 3 is 2.54 bits per heavy atom. The normalized spacial score (nSPS) is 19.5. The van der Waals surface area contributed by atoms with Crippen LogP contribution in [0, 0.1) is 0 Å². The fourth-order valence-electron chi connectivity index (χ4n) is 5.22. The lowest BCUT2D eigenvalue weighted by atomic mass is 9.73. The minimum absolute atomic E-state index is 0.0473. The highest BCUT2D eigenvalue weighted by molar-refractivity contribution is 6.08. The first kappa shape index (κ1) is 17.4. The second kappa shape index (κ2) is 6.41. The number of rotatable bonds is 4. The van der Waals surface area contributed by atoms with Crippen molar-refractivity contribution in [3.05, 3.63) is 71.3 Å². The molecule has 1 atom stereocenters. The maximum atomic E-state index is 6.23. The molecule has 0 spiro atoms. The molecule has 0 saturated heterocycles. The van der Waals surface area contributed by atoms with Gasteiger partial charge in [0.25, 0.3) is 0 Å². The summed E-state index contributed by atoms with van der Waals surface area (Å²) in [6.45, 7) is 5.23. The first-order chi connectivity index (χ1) is 13.7. The highest BCUT2D eigenvalue weighted by Crippen LogP contribution is 2.58. The molecule has 1 heterocycles. The van der Waals surface area contributed by atoms with Crippen molar-refractivity contribution < 1.29 is 9.47 Å². The van der Waals surface area contributed by atoms with E-state index in [2.05, 4.69) is 68.5 Å². The monoisotopic (exact) mass is 370 g/mol. The molecule has 3 aromatic rings. The SMILES string of the molecule is CCCCC1(C)c2ccccc2-c2c1c1c(c3ccccc23)OCC=C1OC. The molecule has 0 fully saturated rings. The molecule has 1 unspecified atom stereocenters. The van der Waals surface area contributed by atoms with Crippen LogP contribution in [0.15, 0.2) is 54.6 Å². The predicted molar refractivity (Wildman–Crippen MR) is 116 cm³/mol. The number of unbranched alkanes of at least 4 members (excludes halogenated alkanes) is 1. The van der Waals surface area contributed by atoms with Crippen molar-refractivity contribution >= 4 is 16.5 Å². The van der Waals surface area contributed by atoms with Crippen LogP contribution in [0.3, 0.4) is 0 Å². The van der Waals surface area contributed by atoms with Gasteiger partial charge in [-0.15, -0.1) is 0 Å². The molecule has 0 saturated carbocycles. The van der Waals surface area contributed by atoms with E-state index < -0.39 is 0 Å². The maximum absolute atomic E-state index is 6.23. The molecule has 1 aliphatic carbocycles. The lowest BCUT2D eigenvalue weighted by molar-refractivity contribution is 0.322. The fraction of sp³-hybridized carbons (Fsp3) is 0.308. The number of hydrogen-bond acceptors (Lipinski definition) is 2. The number of fused-ring (bicyclic) bond motifs is 8. The van der Waals surface area contributed by atoms with Gasteiger partial charge in [-0.3, -0.25) is 0 Å². The van der Waals surface area contributed by atoms with Gasteiger partial charge in [-0.1, -0.05) is 75.2 Å². The third kappa shape index (κ3) is 2.21. The second-order valence-corrected chi connectivity index (χ2v) is 8.06. The fourth-order valence-corrected chi connectivity index (χ4v) is 5.22. The molecule has 2 aliphatic rings. The Morgan fingerprint density at radius 1 is 1.00 bits per heavy atom. The van der Waals surface area contributed by atoms with E-state index in [9.17, 15) is 0 Å². The first-order valence-corrected chi connectivity index (χ1v) is 10.3. The molecule has 5 rings (SSSR count). The third-order valence-corrected chi connectivity index (χ3v) is 6.50. The molecule has 3 aromatic carbocycles. The Morgan fingerprint density at radius 2 is 1.75 bits per heavy atom. The minimum Gasteiger partial charge on any atom is -0.496 e. The van der Waals surface area contributed by atoms with E-state index >= 15 is 0 Å². The lowest BCUT2D eigenvalue weighted by Crippen LogP contribution is -2.24. The highest BCUT2D eigenvalue weighted by atomic mass is 16.5. The minimum atomic E-state index is -0.0473. The van der Waals surface area contributed by atoms with E-state index in [0.717, 1.165) is 23.5 Å². The maximum Gasteiger partial charge on any atom is 0.138 e. The Labute approximate surface area is 166 Å². The molecule has 1 aliphatic heterocycles. The van der Waals surface area contributed by atoms with Crippen LogP contribution in [0.5, 0.6) is 5.75 Å². The van der Waals surface area contributed by atoms with E-state index in [1.807, 2.05) is 0 Å². The Kier molecular flexibility index (Phi) is 3.97. The Hall–Kier alpha value is -2.74. The van der Waals surface area contributed by atoms with Crippen molar-refractivity contribution in [2.24, 2.45) is 0 Å². The van der Waals surface area contributed by atoms with Crippen LogP contribution in [-0.4, -0.2) is 13.7 Å². The summed E-state index contributed by atoms with van der Waals surface area (Å²) in [5.41, 5.74) is 6.63. The Balaban J connectivity index is 1.97. The number of benzene rings is 3. The van der Waals surface area contributed by atoms with Crippen molar-refractivity contribution in [3.8, 4) is 16.9 Å². The summed E-state index contributed by atoms with van der Waals surface area (Å²) in [5, 5.41) is 2.45.